The van der Waals surface area contributed by atoms with Crippen LogP contribution in [0.3, 0.4) is 0 Å². The molecular formula is C48H66BBrN4O4. The van der Waals surface area contributed by atoms with Gasteiger partial charge in [0, 0.05) is 79.6 Å². The normalized spacial score (nSPS) is 19.4. The van der Waals surface area contributed by atoms with Gasteiger partial charge in [0.15, 0.2) is 0 Å². The van der Waals surface area contributed by atoms with Gasteiger partial charge in [0.25, 0.3) is 0 Å². The van der Waals surface area contributed by atoms with Crippen LogP contribution in [-0.4, -0.2) is 80.9 Å². The zero-order chi connectivity index (χ0) is 42.0. The molecule has 3 heterocycles. The molecule has 0 radical (unpaired) electrons. The molecule has 0 bridgehead atoms. The van der Waals surface area contributed by atoms with Crippen LogP contribution >= 0.6 is 15.9 Å². The average Bonchev–Trinajstić information content (AvgIpc) is 3.43. The van der Waals surface area contributed by atoms with E-state index in [1.165, 1.54) is 22.7 Å². The van der Waals surface area contributed by atoms with E-state index in [2.05, 4.69) is 202 Å². The lowest BCUT2D eigenvalue weighted by atomic mass is 9.79. The van der Waals surface area contributed by atoms with E-state index in [9.17, 15) is 10.2 Å². The fourth-order valence-corrected chi connectivity index (χ4v) is 7.92. The van der Waals surface area contributed by atoms with Crippen LogP contribution in [0.25, 0.3) is 0 Å². The first-order valence-electron chi connectivity index (χ1n) is 21.0. The molecule has 0 aliphatic carbocycles. The maximum Gasteiger partial charge on any atom is 0.494 e. The molecule has 0 amide bonds. The fraction of sp³-hybridized carbons (Fsp3) is 0.500. The van der Waals surface area contributed by atoms with Gasteiger partial charge in [0.1, 0.15) is 0 Å². The highest BCUT2D eigenvalue weighted by Crippen LogP contribution is 2.37. The monoisotopic (exact) mass is 852 g/mol. The van der Waals surface area contributed by atoms with E-state index in [0.29, 0.717) is 0 Å². The van der Waals surface area contributed by atoms with E-state index in [1.54, 1.807) is 0 Å². The molecule has 0 saturated carbocycles. The van der Waals surface area contributed by atoms with Crippen LogP contribution in [0.2, 0.25) is 0 Å². The number of aliphatic hydroxyl groups is 2. The number of nitrogens with zero attached hydrogens (tertiary/aromatic N) is 4. The van der Waals surface area contributed by atoms with Gasteiger partial charge in [0.05, 0.1) is 23.4 Å². The smallest absolute Gasteiger partial charge is 0.399 e. The molecule has 0 aromatic heterocycles. The Kier molecular flexibility index (Phi) is 13.4. The quantitative estimate of drug-likeness (QED) is 0.179. The van der Waals surface area contributed by atoms with Gasteiger partial charge in [-0.15, -0.1) is 0 Å². The van der Waals surface area contributed by atoms with Crippen molar-refractivity contribution >= 4 is 51.3 Å². The van der Waals surface area contributed by atoms with Crippen LogP contribution in [0.1, 0.15) is 92.6 Å². The van der Waals surface area contributed by atoms with Crippen LogP contribution in [0.5, 0.6) is 0 Å². The molecule has 4 aromatic carbocycles. The predicted molar refractivity (Wildman–Crippen MR) is 247 cm³/mol. The van der Waals surface area contributed by atoms with Gasteiger partial charge >= 0.3 is 7.12 Å². The van der Waals surface area contributed by atoms with Crippen molar-refractivity contribution in [2.45, 2.75) is 92.6 Å². The lowest BCUT2D eigenvalue weighted by Crippen LogP contribution is -2.46. The van der Waals surface area contributed by atoms with Crippen molar-refractivity contribution in [1.29, 1.82) is 0 Å². The number of benzene rings is 4. The van der Waals surface area contributed by atoms with Crippen molar-refractivity contribution in [1.82, 2.24) is 0 Å². The van der Waals surface area contributed by atoms with E-state index in [0.717, 1.165) is 73.4 Å². The number of halogens is 1. The van der Waals surface area contributed by atoms with Crippen molar-refractivity contribution in [2.75, 3.05) is 72.0 Å². The second kappa shape index (κ2) is 17.6. The number of rotatable bonds is 7. The minimum atomic E-state index is -0.455. The van der Waals surface area contributed by atoms with Gasteiger partial charge < -0.3 is 39.1 Å². The Labute approximate surface area is 357 Å². The Morgan fingerprint density at radius 1 is 0.483 bits per heavy atom. The minimum absolute atomic E-state index is 0.141. The van der Waals surface area contributed by atoms with Crippen molar-refractivity contribution in [3.8, 4) is 0 Å². The molecule has 58 heavy (non-hydrogen) atoms. The summed E-state index contributed by atoms with van der Waals surface area (Å²) >= 11 is 3.49. The van der Waals surface area contributed by atoms with Gasteiger partial charge in [-0.2, -0.15) is 0 Å². The SMILES string of the molecule is CC(C)(C)C(O)c1ccc(N2CCN(c3ccc(B4OC(C)(C)C(C)(C)O4)cc3)CC2)cc1.CC(C)(C)C(O)c1ccc(N2CCN(c3ccc(Br)cc3)CC2)cc1. The molecule has 3 aliphatic rings. The Balaban J connectivity index is 0.000000203. The molecule has 3 saturated heterocycles. The Morgan fingerprint density at radius 2 is 0.741 bits per heavy atom. The van der Waals surface area contributed by atoms with Gasteiger partial charge in [-0.1, -0.05) is 93.9 Å². The van der Waals surface area contributed by atoms with Crippen molar-refractivity contribution in [3.63, 3.8) is 0 Å². The highest BCUT2D eigenvalue weighted by atomic mass is 79.9. The highest BCUT2D eigenvalue weighted by Gasteiger charge is 2.51. The summed E-state index contributed by atoms with van der Waals surface area (Å²) in [6.45, 7) is 28.7. The van der Waals surface area contributed by atoms with E-state index >= 15 is 0 Å². The maximum atomic E-state index is 10.5. The molecular weight excluding hydrogens is 787 g/mol. The van der Waals surface area contributed by atoms with Crippen molar-refractivity contribution in [3.05, 3.63) is 113 Å². The summed E-state index contributed by atoms with van der Waals surface area (Å²) in [7, 11) is -0.319. The summed E-state index contributed by atoms with van der Waals surface area (Å²) in [6, 6.07) is 33.9. The summed E-state index contributed by atoms with van der Waals surface area (Å²) in [5, 5.41) is 20.9. The van der Waals surface area contributed by atoms with Crippen LogP contribution in [0.15, 0.2) is 102 Å². The first-order chi connectivity index (χ1) is 27.2. The van der Waals surface area contributed by atoms with Gasteiger partial charge in [0.2, 0.25) is 0 Å². The molecule has 4 aromatic rings. The fourth-order valence-electron chi connectivity index (χ4n) is 7.65. The third kappa shape index (κ3) is 10.4. The van der Waals surface area contributed by atoms with Crippen LogP contribution < -0.4 is 25.1 Å². The number of anilines is 4. The molecule has 7 rings (SSSR count). The molecule has 2 N–H and O–H groups in total. The minimum Gasteiger partial charge on any atom is -0.399 e. The molecule has 2 unspecified atom stereocenters. The Bertz CT molecular complexity index is 1890. The van der Waals surface area contributed by atoms with Crippen molar-refractivity contribution < 1.29 is 19.5 Å². The highest BCUT2D eigenvalue weighted by molar-refractivity contribution is 9.10. The molecule has 312 valence electrons. The molecule has 8 nitrogen and oxygen atoms in total. The van der Waals surface area contributed by atoms with E-state index in [-0.39, 0.29) is 29.2 Å². The zero-order valence-corrected chi connectivity index (χ0v) is 38.1. The summed E-state index contributed by atoms with van der Waals surface area (Å²) in [5.74, 6) is 0. The number of piperazine rings is 2. The van der Waals surface area contributed by atoms with Crippen LogP contribution in [-0.2, 0) is 9.31 Å². The summed E-state index contributed by atoms with van der Waals surface area (Å²) < 4.78 is 13.5. The Hall–Kier alpha value is -3.54. The lowest BCUT2D eigenvalue weighted by molar-refractivity contribution is 0.00578. The second-order valence-corrected chi connectivity index (χ2v) is 20.2. The molecule has 0 spiro atoms. The second-order valence-electron chi connectivity index (χ2n) is 19.3. The number of hydrogen-bond donors (Lipinski definition) is 2. The van der Waals surface area contributed by atoms with Crippen molar-refractivity contribution in [2.24, 2.45) is 10.8 Å². The maximum absolute atomic E-state index is 10.5. The van der Waals surface area contributed by atoms with E-state index in [4.69, 9.17) is 9.31 Å². The van der Waals surface area contributed by atoms with Gasteiger partial charge in [-0.25, -0.2) is 0 Å². The standard InChI is InChI=1S/C27H39BN2O3.C21H27BrN2O/c1-25(2,3)24(31)20-8-12-22(13-9-20)29-16-18-30(19-17-29)23-14-10-21(11-15-23)28-32-26(4,5)27(6,7)33-28;1-21(2,3)20(25)16-4-8-18(9-5-16)23-12-14-24(15-13-23)19-10-6-17(22)7-11-19/h8-15,24,31H,16-19H2,1-7H3;4-11,20,25H,12-15H2,1-3H3. The molecule has 3 aliphatic heterocycles. The van der Waals surface area contributed by atoms with Crippen LogP contribution in [0, 0.1) is 10.8 Å². The number of aliphatic hydroxyl groups excluding tert-OH is 2. The van der Waals surface area contributed by atoms with E-state index < -0.39 is 12.2 Å². The summed E-state index contributed by atoms with van der Waals surface area (Å²) in [4.78, 5) is 9.70. The topological polar surface area (TPSA) is 71.9 Å². The lowest BCUT2D eigenvalue weighted by Gasteiger charge is -2.37. The first-order valence-corrected chi connectivity index (χ1v) is 21.8. The third-order valence-electron chi connectivity index (χ3n) is 12.3. The predicted octanol–water partition coefficient (Wildman–Crippen LogP) is 9.25. The van der Waals surface area contributed by atoms with E-state index in [1.807, 2.05) is 0 Å². The summed E-state index contributed by atoms with van der Waals surface area (Å²) in [5.41, 5.74) is 7.06. The number of hydrogen-bond acceptors (Lipinski definition) is 8. The van der Waals surface area contributed by atoms with Crippen LogP contribution in [0.4, 0.5) is 22.7 Å². The third-order valence-corrected chi connectivity index (χ3v) is 12.9. The molecule has 2 atom stereocenters. The largest absolute Gasteiger partial charge is 0.494 e. The summed E-state index contributed by atoms with van der Waals surface area (Å²) in [6.07, 6.45) is -0.889. The first kappa shape index (κ1) is 44.0. The van der Waals surface area contributed by atoms with Gasteiger partial charge in [-0.3, -0.25) is 0 Å². The molecule has 10 heteroatoms. The average molecular weight is 854 g/mol. The van der Waals surface area contributed by atoms with Gasteiger partial charge in [-0.05, 0) is 116 Å². The molecule has 3 fully saturated rings. The Morgan fingerprint density at radius 3 is 1.02 bits per heavy atom. The zero-order valence-electron chi connectivity index (χ0n) is 36.5.